The normalized spacial score (nSPS) is 13.5. The lowest BCUT2D eigenvalue weighted by Gasteiger charge is -2.34. The summed E-state index contributed by atoms with van der Waals surface area (Å²) in [6.45, 7) is 5.52. The number of aromatic nitrogens is 2. The molecule has 2 rings (SSSR count). The summed E-state index contributed by atoms with van der Waals surface area (Å²) >= 11 is 0. The van der Waals surface area contributed by atoms with Crippen LogP contribution >= 0.6 is 0 Å². The maximum absolute atomic E-state index is 10.5. The van der Waals surface area contributed by atoms with Crippen molar-refractivity contribution in [2.75, 3.05) is 64.9 Å². The Balaban J connectivity index is 0.000000554. The van der Waals surface area contributed by atoms with Crippen LogP contribution in [0.1, 0.15) is 42.5 Å². The number of hydrogen-bond donors (Lipinski definition) is 4. The van der Waals surface area contributed by atoms with Crippen molar-refractivity contribution in [1.29, 1.82) is 0 Å². The minimum absolute atomic E-state index is 0.199. The quantitative estimate of drug-likeness (QED) is 0.223. The largest absolute Gasteiger partial charge is 0.395 e. The molecule has 0 bridgehead atoms. The van der Waals surface area contributed by atoms with E-state index in [-0.39, 0.29) is 6.61 Å². The van der Waals surface area contributed by atoms with E-state index in [9.17, 15) is 9.59 Å². The number of hydroxylamine groups is 1. The zero-order valence-corrected chi connectivity index (χ0v) is 18.3. The van der Waals surface area contributed by atoms with Gasteiger partial charge in [0.2, 0.25) is 5.95 Å². The second-order valence-electron chi connectivity index (χ2n) is 6.68. The molecular formula is C20H38N6O4. The van der Waals surface area contributed by atoms with Crippen LogP contribution in [-0.4, -0.2) is 97.7 Å². The standard InChI is InChI=1S/C11H16N4O2.C8H17NO.CH5NO/c16-6-5-14-1-3-15(4-2-14)11-12-7-10(9-17)8-13-11;1-9-7-5-3-2-4-6-8-10;1-2-3/h7-9,16H,1-6H2;8-9H,2-7H2,1H3;2-3H,1H3. The molecule has 0 spiro atoms. The first kappa shape index (κ1) is 28.0. The summed E-state index contributed by atoms with van der Waals surface area (Å²) in [5.41, 5.74) is 2.24. The monoisotopic (exact) mass is 426 g/mol. The highest BCUT2D eigenvalue weighted by atomic mass is 16.5. The first-order valence-electron chi connectivity index (χ1n) is 10.4. The van der Waals surface area contributed by atoms with Gasteiger partial charge < -0.3 is 25.3 Å². The molecule has 0 amide bonds. The Kier molecular flexibility index (Phi) is 19.0. The van der Waals surface area contributed by atoms with Gasteiger partial charge in [-0.2, -0.15) is 0 Å². The molecule has 4 N–H and O–H groups in total. The third-order valence-corrected chi connectivity index (χ3v) is 4.36. The highest BCUT2D eigenvalue weighted by molar-refractivity contribution is 5.73. The van der Waals surface area contributed by atoms with Gasteiger partial charge in [0.15, 0.2) is 6.29 Å². The van der Waals surface area contributed by atoms with Crippen LogP contribution in [0.2, 0.25) is 0 Å². The third kappa shape index (κ3) is 14.1. The summed E-state index contributed by atoms with van der Waals surface area (Å²) in [5, 5.41) is 19.3. The van der Waals surface area contributed by atoms with Crippen LogP contribution in [0.4, 0.5) is 5.95 Å². The lowest BCUT2D eigenvalue weighted by atomic mass is 10.1. The summed E-state index contributed by atoms with van der Waals surface area (Å²) < 4.78 is 0. The average Bonchev–Trinajstić information content (AvgIpc) is 2.78. The van der Waals surface area contributed by atoms with Gasteiger partial charge in [0, 0.05) is 58.6 Å². The molecule has 1 aromatic rings. The molecule has 1 aliphatic heterocycles. The van der Waals surface area contributed by atoms with Gasteiger partial charge in [-0.15, -0.1) is 0 Å². The molecular weight excluding hydrogens is 388 g/mol. The summed E-state index contributed by atoms with van der Waals surface area (Å²) in [7, 11) is 3.39. The molecule has 10 heteroatoms. The minimum atomic E-state index is 0.199. The number of hydrogen-bond acceptors (Lipinski definition) is 10. The first-order valence-corrected chi connectivity index (χ1v) is 10.4. The molecule has 0 unspecified atom stereocenters. The van der Waals surface area contributed by atoms with Gasteiger partial charge >= 0.3 is 0 Å². The van der Waals surface area contributed by atoms with Gasteiger partial charge in [0.05, 0.1) is 12.2 Å². The number of β-amino-alcohol motifs (C(OH)–C–C–N with tert-alkyl or cyclic N) is 1. The Hall–Kier alpha value is -1.98. The number of carbonyl (C=O) groups is 2. The van der Waals surface area contributed by atoms with Crippen LogP contribution in [0.25, 0.3) is 0 Å². The van der Waals surface area contributed by atoms with Crippen molar-refractivity contribution in [2.24, 2.45) is 0 Å². The zero-order chi connectivity index (χ0) is 22.5. The molecule has 0 atom stereocenters. The number of anilines is 1. The van der Waals surface area contributed by atoms with Crippen molar-refractivity contribution in [3.63, 3.8) is 0 Å². The Morgan fingerprint density at radius 1 is 1.03 bits per heavy atom. The van der Waals surface area contributed by atoms with E-state index in [2.05, 4.69) is 25.1 Å². The van der Waals surface area contributed by atoms with Crippen molar-refractivity contribution in [3.05, 3.63) is 18.0 Å². The molecule has 10 nitrogen and oxygen atoms in total. The lowest BCUT2D eigenvalue weighted by molar-refractivity contribution is -0.107. The molecule has 0 saturated carbocycles. The van der Waals surface area contributed by atoms with Crippen molar-refractivity contribution in [3.8, 4) is 0 Å². The van der Waals surface area contributed by atoms with Gasteiger partial charge in [0.1, 0.15) is 6.29 Å². The average molecular weight is 427 g/mol. The van der Waals surface area contributed by atoms with Gasteiger partial charge in [-0.1, -0.05) is 12.8 Å². The predicted molar refractivity (Wildman–Crippen MR) is 117 cm³/mol. The van der Waals surface area contributed by atoms with E-state index in [1.807, 2.05) is 7.05 Å². The summed E-state index contributed by atoms with van der Waals surface area (Å²) in [4.78, 5) is 33.0. The van der Waals surface area contributed by atoms with E-state index in [1.54, 1.807) is 5.48 Å². The number of unbranched alkanes of at least 4 members (excludes halogenated alkanes) is 4. The van der Waals surface area contributed by atoms with Crippen molar-refractivity contribution in [1.82, 2.24) is 25.7 Å². The topological polar surface area (TPSA) is 131 Å². The van der Waals surface area contributed by atoms with Crippen LogP contribution in [0.15, 0.2) is 12.4 Å². The van der Waals surface area contributed by atoms with Gasteiger partial charge in [-0.05, 0) is 26.4 Å². The molecule has 1 aromatic heterocycles. The van der Waals surface area contributed by atoms with Crippen LogP contribution in [0.3, 0.4) is 0 Å². The van der Waals surface area contributed by atoms with Crippen LogP contribution in [-0.2, 0) is 4.79 Å². The number of nitrogens with zero attached hydrogens (tertiary/aromatic N) is 4. The van der Waals surface area contributed by atoms with Crippen LogP contribution < -0.4 is 15.7 Å². The number of carbonyl (C=O) groups excluding carboxylic acids is 2. The lowest BCUT2D eigenvalue weighted by Crippen LogP contribution is -2.47. The Labute approximate surface area is 179 Å². The molecule has 0 aliphatic carbocycles. The van der Waals surface area contributed by atoms with E-state index in [0.717, 1.165) is 64.7 Å². The van der Waals surface area contributed by atoms with Gasteiger partial charge in [-0.3, -0.25) is 9.69 Å². The number of aldehydes is 2. The Bertz CT molecular complexity index is 525. The molecule has 0 aromatic carbocycles. The van der Waals surface area contributed by atoms with E-state index < -0.39 is 0 Å². The molecule has 172 valence electrons. The van der Waals surface area contributed by atoms with E-state index in [0.29, 0.717) is 11.5 Å². The van der Waals surface area contributed by atoms with Crippen molar-refractivity contribution in [2.45, 2.75) is 32.1 Å². The predicted octanol–water partition coefficient (Wildman–Crippen LogP) is 0.354. The summed E-state index contributed by atoms with van der Waals surface area (Å²) in [5.74, 6) is 0.666. The highest BCUT2D eigenvalue weighted by Gasteiger charge is 2.18. The molecule has 30 heavy (non-hydrogen) atoms. The van der Waals surface area contributed by atoms with Gasteiger partial charge in [0.25, 0.3) is 0 Å². The maximum atomic E-state index is 10.5. The maximum Gasteiger partial charge on any atom is 0.225 e. The Morgan fingerprint density at radius 3 is 2.13 bits per heavy atom. The number of aliphatic hydroxyl groups is 1. The highest BCUT2D eigenvalue weighted by Crippen LogP contribution is 2.10. The molecule has 0 radical (unpaired) electrons. The molecule has 1 aliphatic rings. The number of rotatable bonds is 11. The zero-order valence-electron chi connectivity index (χ0n) is 18.3. The fraction of sp³-hybridized carbons (Fsp3) is 0.700. The van der Waals surface area contributed by atoms with Crippen molar-refractivity contribution >= 4 is 18.5 Å². The smallest absolute Gasteiger partial charge is 0.225 e. The number of aliphatic hydroxyl groups excluding tert-OH is 1. The third-order valence-electron chi connectivity index (χ3n) is 4.36. The van der Waals surface area contributed by atoms with E-state index >= 15 is 0 Å². The first-order chi connectivity index (χ1) is 14.7. The Morgan fingerprint density at radius 2 is 1.63 bits per heavy atom. The second kappa shape index (κ2) is 20.3. The molecule has 1 fully saturated rings. The molecule has 1 saturated heterocycles. The van der Waals surface area contributed by atoms with Crippen LogP contribution in [0.5, 0.6) is 0 Å². The minimum Gasteiger partial charge on any atom is -0.395 e. The second-order valence-corrected chi connectivity index (χ2v) is 6.68. The van der Waals surface area contributed by atoms with E-state index in [4.69, 9.17) is 10.3 Å². The van der Waals surface area contributed by atoms with Crippen LogP contribution in [0, 0.1) is 0 Å². The SMILES string of the molecule is CNCCCCCCC=O.CNO.O=Cc1cnc(N2CCN(CCO)CC2)nc1. The van der Waals surface area contributed by atoms with Gasteiger partial charge in [-0.25, -0.2) is 15.4 Å². The fourth-order valence-electron chi connectivity index (χ4n) is 2.75. The van der Waals surface area contributed by atoms with Crippen molar-refractivity contribution < 1.29 is 19.9 Å². The summed E-state index contributed by atoms with van der Waals surface area (Å²) in [6.07, 6.45) is 10.3. The van der Waals surface area contributed by atoms with E-state index in [1.165, 1.54) is 38.7 Å². The molecule has 2 heterocycles. The fourth-order valence-corrected chi connectivity index (χ4v) is 2.75. The summed E-state index contributed by atoms with van der Waals surface area (Å²) in [6, 6.07) is 0. The number of nitrogens with one attached hydrogen (secondary N) is 2. The number of piperazine rings is 1.